The molecule has 3 N–H and O–H groups in total. The largest absolute Gasteiger partial charge is 0.484 e. The fourth-order valence-corrected chi connectivity index (χ4v) is 3.25. The van der Waals surface area contributed by atoms with E-state index in [2.05, 4.69) is 11.9 Å². The molecule has 0 saturated carbocycles. The smallest absolute Gasteiger partial charge is 0.260 e. The summed E-state index contributed by atoms with van der Waals surface area (Å²) < 4.78 is 29.8. The molecule has 2 amide bonds. The minimum absolute atomic E-state index is 0.197. The monoisotopic (exact) mass is 382 g/mol. The van der Waals surface area contributed by atoms with E-state index in [9.17, 15) is 18.0 Å². The summed E-state index contributed by atoms with van der Waals surface area (Å²) in [5, 5.41) is 2.55. The zero-order valence-corrected chi connectivity index (χ0v) is 15.3. The number of nitrogens with two attached hydrogens (primary N) is 1. The predicted molar refractivity (Wildman–Crippen MR) is 98.2 cm³/mol. The molecule has 1 fully saturated rings. The van der Waals surface area contributed by atoms with Gasteiger partial charge in [0.15, 0.2) is 6.61 Å². The van der Waals surface area contributed by atoms with E-state index in [4.69, 9.17) is 10.5 Å². The van der Waals surface area contributed by atoms with Gasteiger partial charge < -0.3 is 20.7 Å². The van der Waals surface area contributed by atoms with Gasteiger partial charge in [-0.2, -0.15) is 4.31 Å². The molecule has 2 rings (SSSR count). The number of piperazine rings is 1. The maximum Gasteiger partial charge on any atom is 0.260 e. The van der Waals surface area contributed by atoms with Gasteiger partial charge in [0.1, 0.15) is 5.75 Å². The van der Waals surface area contributed by atoms with Crippen LogP contribution in [0, 0.1) is 0 Å². The molecule has 0 spiro atoms. The number of benzene rings is 1. The third kappa shape index (κ3) is 5.20. The highest BCUT2D eigenvalue weighted by Gasteiger charge is 2.26. The Morgan fingerprint density at radius 3 is 2.54 bits per heavy atom. The van der Waals surface area contributed by atoms with Crippen LogP contribution in [0.3, 0.4) is 0 Å². The molecule has 0 atom stereocenters. The average molecular weight is 382 g/mol. The molecular weight excluding hydrogens is 360 g/mol. The van der Waals surface area contributed by atoms with Gasteiger partial charge in [0.05, 0.1) is 17.6 Å². The van der Waals surface area contributed by atoms with Gasteiger partial charge in [0, 0.05) is 32.2 Å². The van der Waals surface area contributed by atoms with Crippen molar-refractivity contribution in [2.75, 3.05) is 50.1 Å². The van der Waals surface area contributed by atoms with E-state index >= 15 is 0 Å². The zero-order chi connectivity index (χ0) is 19.3. The summed E-state index contributed by atoms with van der Waals surface area (Å²) in [5.41, 5.74) is 6.50. The molecule has 0 aromatic heterocycles. The number of anilines is 2. The number of nitrogens with one attached hydrogen (secondary N) is 1. The molecule has 1 aromatic carbocycles. The third-order valence-electron chi connectivity index (χ3n) is 3.89. The lowest BCUT2D eigenvalue weighted by Gasteiger charge is -2.33. The molecular formula is C16H22N4O5S. The fraction of sp³-hybridized carbons (Fsp3) is 0.375. The van der Waals surface area contributed by atoms with E-state index in [1.807, 2.05) is 0 Å². The lowest BCUT2D eigenvalue weighted by molar-refractivity contribution is -0.134. The average Bonchev–Trinajstić information content (AvgIpc) is 2.61. The number of carbonyl (C=O) groups is 2. The molecule has 0 bridgehead atoms. The van der Waals surface area contributed by atoms with E-state index in [0.717, 1.165) is 12.3 Å². The number of sulfonamides is 1. The van der Waals surface area contributed by atoms with Gasteiger partial charge in [-0.3, -0.25) is 9.59 Å². The summed E-state index contributed by atoms with van der Waals surface area (Å²) in [4.78, 5) is 25.2. The SMILES string of the molecule is C=CC(=O)Nc1cc(OCC(=O)N2CCN(S(C)(=O)=O)CC2)ccc1N. The first kappa shape index (κ1) is 19.7. The topological polar surface area (TPSA) is 122 Å². The van der Waals surface area contributed by atoms with Crippen molar-refractivity contribution in [3.63, 3.8) is 0 Å². The van der Waals surface area contributed by atoms with Gasteiger partial charge in [-0.25, -0.2) is 8.42 Å². The molecule has 1 aliphatic rings. The van der Waals surface area contributed by atoms with Crippen molar-refractivity contribution in [1.82, 2.24) is 9.21 Å². The number of hydrogen-bond acceptors (Lipinski definition) is 6. The van der Waals surface area contributed by atoms with Gasteiger partial charge >= 0.3 is 0 Å². The summed E-state index contributed by atoms with van der Waals surface area (Å²) in [7, 11) is -3.24. The van der Waals surface area contributed by atoms with Gasteiger partial charge in [0.2, 0.25) is 15.9 Å². The third-order valence-corrected chi connectivity index (χ3v) is 5.19. The summed E-state index contributed by atoms with van der Waals surface area (Å²) in [6.07, 6.45) is 2.27. The highest BCUT2D eigenvalue weighted by atomic mass is 32.2. The Balaban J connectivity index is 1.91. The maximum absolute atomic E-state index is 12.2. The number of ether oxygens (including phenoxy) is 1. The van der Waals surface area contributed by atoms with Gasteiger partial charge in [-0.1, -0.05) is 6.58 Å². The quantitative estimate of drug-likeness (QED) is 0.522. The highest BCUT2D eigenvalue weighted by Crippen LogP contribution is 2.24. The Labute approximate surface area is 152 Å². The molecule has 1 saturated heterocycles. The van der Waals surface area contributed by atoms with Crippen LogP contribution in [-0.2, 0) is 19.6 Å². The first-order chi connectivity index (χ1) is 12.2. The Morgan fingerprint density at radius 1 is 1.31 bits per heavy atom. The number of amides is 2. The first-order valence-electron chi connectivity index (χ1n) is 7.89. The predicted octanol–water partition coefficient (Wildman–Crippen LogP) is -0.124. The zero-order valence-electron chi connectivity index (χ0n) is 14.5. The second-order valence-electron chi connectivity index (χ2n) is 5.77. The van der Waals surface area contributed by atoms with Crippen LogP contribution in [0.4, 0.5) is 11.4 Å². The molecule has 1 heterocycles. The van der Waals surface area contributed by atoms with Crippen LogP contribution in [0.25, 0.3) is 0 Å². The van der Waals surface area contributed by atoms with Gasteiger partial charge in [0.25, 0.3) is 5.91 Å². The summed E-state index contributed by atoms with van der Waals surface area (Å²) in [5.74, 6) is -0.276. The summed E-state index contributed by atoms with van der Waals surface area (Å²) in [6, 6.07) is 4.67. The second-order valence-corrected chi connectivity index (χ2v) is 7.76. The van der Waals surface area contributed by atoms with Gasteiger partial charge in [-0.05, 0) is 18.2 Å². The Hall–Kier alpha value is -2.59. The number of carbonyl (C=O) groups excluding carboxylic acids is 2. The number of hydrogen-bond donors (Lipinski definition) is 2. The lowest BCUT2D eigenvalue weighted by Crippen LogP contribution is -2.51. The number of nitrogen functional groups attached to an aromatic ring is 1. The van der Waals surface area contributed by atoms with Crippen molar-refractivity contribution in [3.8, 4) is 5.75 Å². The Kier molecular flexibility index (Phi) is 6.22. The van der Waals surface area contributed by atoms with Crippen molar-refractivity contribution in [1.29, 1.82) is 0 Å². The molecule has 0 unspecified atom stereocenters. The molecule has 0 radical (unpaired) electrons. The Bertz CT molecular complexity index is 801. The molecule has 1 aromatic rings. The first-order valence-corrected chi connectivity index (χ1v) is 9.74. The second kappa shape index (κ2) is 8.19. The van der Waals surface area contributed by atoms with E-state index in [1.165, 1.54) is 10.4 Å². The normalized spacial score (nSPS) is 15.3. The van der Waals surface area contributed by atoms with Crippen LogP contribution in [0.5, 0.6) is 5.75 Å². The van der Waals surface area contributed by atoms with E-state index in [0.29, 0.717) is 30.2 Å². The van der Waals surface area contributed by atoms with Gasteiger partial charge in [-0.15, -0.1) is 0 Å². The van der Waals surface area contributed by atoms with Crippen LogP contribution in [0.15, 0.2) is 30.9 Å². The molecule has 10 heteroatoms. The van der Waals surface area contributed by atoms with Crippen LogP contribution >= 0.6 is 0 Å². The fourth-order valence-electron chi connectivity index (χ4n) is 2.42. The van der Waals surface area contributed by atoms with Crippen LogP contribution in [0.1, 0.15) is 0 Å². The molecule has 0 aliphatic carbocycles. The molecule has 26 heavy (non-hydrogen) atoms. The summed E-state index contributed by atoms with van der Waals surface area (Å²) in [6.45, 7) is 4.34. The standard InChI is InChI=1S/C16H22N4O5S/c1-3-15(21)18-14-10-12(4-5-13(14)17)25-11-16(22)19-6-8-20(9-7-19)26(2,23)24/h3-5,10H,1,6-9,11,17H2,2H3,(H,18,21). The van der Waals surface area contributed by atoms with E-state index in [-0.39, 0.29) is 25.6 Å². The number of rotatable bonds is 6. The Morgan fingerprint density at radius 2 is 1.96 bits per heavy atom. The van der Waals surface area contributed by atoms with Crippen molar-refractivity contribution >= 4 is 33.2 Å². The number of nitrogens with zero attached hydrogens (tertiary/aromatic N) is 2. The van der Waals surface area contributed by atoms with Crippen molar-refractivity contribution in [2.45, 2.75) is 0 Å². The van der Waals surface area contributed by atoms with Crippen LogP contribution in [0.2, 0.25) is 0 Å². The van der Waals surface area contributed by atoms with Crippen molar-refractivity contribution in [2.24, 2.45) is 0 Å². The van der Waals surface area contributed by atoms with E-state index in [1.54, 1.807) is 17.0 Å². The van der Waals surface area contributed by atoms with Crippen molar-refractivity contribution in [3.05, 3.63) is 30.9 Å². The van der Waals surface area contributed by atoms with Crippen LogP contribution < -0.4 is 15.8 Å². The van der Waals surface area contributed by atoms with Crippen molar-refractivity contribution < 1.29 is 22.7 Å². The molecule has 9 nitrogen and oxygen atoms in total. The van der Waals surface area contributed by atoms with Crippen LogP contribution in [-0.4, -0.2) is 68.5 Å². The molecule has 142 valence electrons. The maximum atomic E-state index is 12.2. The highest BCUT2D eigenvalue weighted by molar-refractivity contribution is 7.88. The minimum Gasteiger partial charge on any atom is -0.484 e. The molecule has 1 aliphatic heterocycles. The van der Waals surface area contributed by atoms with E-state index < -0.39 is 15.9 Å². The minimum atomic E-state index is -3.24. The summed E-state index contributed by atoms with van der Waals surface area (Å²) >= 11 is 0. The lowest BCUT2D eigenvalue weighted by atomic mass is 10.2.